The first-order valence-corrected chi connectivity index (χ1v) is 9.35. The fraction of sp³-hybridized carbons (Fsp3) is 0.444. The van der Waals surface area contributed by atoms with Crippen LogP contribution in [0.2, 0.25) is 0 Å². The van der Waals surface area contributed by atoms with Crippen molar-refractivity contribution in [3.63, 3.8) is 0 Å². The molecule has 0 amide bonds. The molecule has 2 saturated heterocycles. The number of hydrogen-bond acceptors (Lipinski definition) is 4. The van der Waals surface area contributed by atoms with Crippen molar-refractivity contribution in [1.29, 1.82) is 0 Å². The van der Waals surface area contributed by atoms with Crippen LogP contribution in [0.25, 0.3) is 22.1 Å². The molecule has 0 spiro atoms. The molecule has 3 aromatic rings. The fourth-order valence-corrected chi connectivity index (χ4v) is 4.76. The highest BCUT2D eigenvalue weighted by atomic mass is 79.9. The summed E-state index contributed by atoms with van der Waals surface area (Å²) in [6.45, 7) is 0.723. The Morgan fingerprint density at radius 3 is 2.83 bits per heavy atom. The van der Waals surface area contributed by atoms with Crippen molar-refractivity contribution in [2.45, 2.75) is 50.7 Å². The Labute approximate surface area is 147 Å². The SMILES string of the molecule is O=c1[nH]c(CN2C3CCCC2CC3)nc2c1oc1ccc(Br)cc12. The second-order valence-corrected chi connectivity index (χ2v) is 7.84. The van der Waals surface area contributed by atoms with E-state index in [1.54, 1.807) is 0 Å². The van der Waals surface area contributed by atoms with Gasteiger partial charge >= 0.3 is 0 Å². The number of aromatic nitrogens is 2. The lowest BCUT2D eigenvalue weighted by molar-refractivity contribution is 0.128. The topological polar surface area (TPSA) is 62.1 Å². The lowest BCUT2D eigenvalue weighted by Crippen LogP contribution is -2.39. The van der Waals surface area contributed by atoms with Crippen LogP contribution in [0, 0.1) is 0 Å². The molecule has 2 bridgehead atoms. The van der Waals surface area contributed by atoms with Gasteiger partial charge in [0.25, 0.3) is 5.56 Å². The van der Waals surface area contributed by atoms with Crippen molar-refractivity contribution >= 4 is 38.0 Å². The largest absolute Gasteiger partial charge is 0.449 e. The van der Waals surface area contributed by atoms with Gasteiger partial charge in [-0.15, -0.1) is 0 Å². The van der Waals surface area contributed by atoms with Crippen LogP contribution in [0.15, 0.2) is 31.9 Å². The molecule has 0 saturated carbocycles. The first kappa shape index (κ1) is 14.7. The summed E-state index contributed by atoms with van der Waals surface area (Å²) in [5.74, 6) is 0.744. The molecule has 1 N–H and O–H groups in total. The van der Waals surface area contributed by atoms with E-state index in [-0.39, 0.29) is 5.56 Å². The van der Waals surface area contributed by atoms with Crippen LogP contribution in [-0.2, 0) is 6.54 Å². The van der Waals surface area contributed by atoms with Gasteiger partial charge in [0.15, 0.2) is 0 Å². The van der Waals surface area contributed by atoms with Crippen LogP contribution in [0.1, 0.15) is 37.9 Å². The second-order valence-electron chi connectivity index (χ2n) is 6.92. The molecule has 124 valence electrons. The highest BCUT2D eigenvalue weighted by molar-refractivity contribution is 9.10. The van der Waals surface area contributed by atoms with E-state index in [1.165, 1.54) is 32.1 Å². The van der Waals surface area contributed by atoms with Gasteiger partial charge < -0.3 is 9.40 Å². The Morgan fingerprint density at radius 1 is 1.25 bits per heavy atom. The van der Waals surface area contributed by atoms with Crippen LogP contribution in [-0.4, -0.2) is 27.0 Å². The van der Waals surface area contributed by atoms with Gasteiger partial charge in [-0.2, -0.15) is 0 Å². The molecule has 2 atom stereocenters. The van der Waals surface area contributed by atoms with Gasteiger partial charge in [-0.1, -0.05) is 22.4 Å². The predicted molar refractivity (Wildman–Crippen MR) is 96.0 cm³/mol. The van der Waals surface area contributed by atoms with Crippen molar-refractivity contribution in [1.82, 2.24) is 14.9 Å². The third-order valence-corrected chi connectivity index (χ3v) is 6.01. The molecule has 2 unspecified atom stereocenters. The Morgan fingerprint density at radius 2 is 2.04 bits per heavy atom. The maximum absolute atomic E-state index is 12.5. The highest BCUT2D eigenvalue weighted by Gasteiger charge is 2.36. The lowest BCUT2D eigenvalue weighted by atomic mass is 10.0. The molecule has 5 rings (SSSR count). The molecule has 4 heterocycles. The number of aromatic amines is 1. The normalized spacial score (nSPS) is 24.2. The maximum atomic E-state index is 12.5. The summed E-state index contributed by atoms with van der Waals surface area (Å²) in [5, 5.41) is 0.883. The summed E-state index contributed by atoms with van der Waals surface area (Å²) in [6.07, 6.45) is 6.42. The summed E-state index contributed by atoms with van der Waals surface area (Å²) in [5.41, 5.74) is 1.48. The van der Waals surface area contributed by atoms with E-state index in [0.29, 0.717) is 28.8 Å². The number of furan rings is 1. The Balaban J connectivity index is 1.60. The average molecular weight is 388 g/mol. The Kier molecular flexibility index (Phi) is 3.31. The van der Waals surface area contributed by atoms with E-state index >= 15 is 0 Å². The van der Waals surface area contributed by atoms with E-state index in [9.17, 15) is 4.79 Å². The quantitative estimate of drug-likeness (QED) is 0.722. The number of H-pyrrole nitrogens is 1. The van der Waals surface area contributed by atoms with E-state index in [2.05, 4.69) is 25.8 Å². The van der Waals surface area contributed by atoms with E-state index in [4.69, 9.17) is 9.40 Å². The van der Waals surface area contributed by atoms with Gasteiger partial charge in [0.1, 0.15) is 16.9 Å². The van der Waals surface area contributed by atoms with E-state index < -0.39 is 0 Å². The number of piperidine rings is 1. The molecule has 2 aromatic heterocycles. The van der Waals surface area contributed by atoms with Gasteiger partial charge in [0, 0.05) is 21.9 Å². The van der Waals surface area contributed by atoms with Crippen LogP contribution in [0.3, 0.4) is 0 Å². The Bertz CT molecular complexity index is 977. The number of nitrogens with zero attached hydrogens (tertiary/aromatic N) is 2. The van der Waals surface area contributed by atoms with Gasteiger partial charge in [-0.3, -0.25) is 9.69 Å². The van der Waals surface area contributed by atoms with Gasteiger partial charge in [0.2, 0.25) is 5.58 Å². The standard InChI is InChI=1S/C18H18BrN3O2/c19-10-4-7-14-13(8-10)16-17(24-14)18(23)21-15(20-16)9-22-11-2-1-3-12(22)6-5-11/h4,7-8,11-12H,1-3,5-6,9H2,(H,20,21,23). The number of halogens is 1. The minimum absolute atomic E-state index is 0.188. The molecule has 2 aliphatic heterocycles. The number of hydrogen-bond donors (Lipinski definition) is 1. The number of benzene rings is 1. The highest BCUT2D eigenvalue weighted by Crippen LogP contribution is 2.36. The van der Waals surface area contributed by atoms with Crippen LogP contribution < -0.4 is 5.56 Å². The first-order valence-electron chi connectivity index (χ1n) is 8.56. The van der Waals surface area contributed by atoms with Crippen LogP contribution in [0.5, 0.6) is 0 Å². The summed E-state index contributed by atoms with van der Waals surface area (Å²) in [4.78, 5) is 22.7. The van der Waals surface area contributed by atoms with Gasteiger partial charge in [-0.25, -0.2) is 4.98 Å². The number of fused-ring (bicyclic) bond motifs is 5. The molecular formula is C18H18BrN3O2. The summed E-state index contributed by atoms with van der Waals surface area (Å²) >= 11 is 3.48. The molecule has 0 radical (unpaired) electrons. The zero-order chi connectivity index (χ0) is 16.3. The minimum Gasteiger partial charge on any atom is -0.449 e. The van der Waals surface area contributed by atoms with Crippen LogP contribution in [0.4, 0.5) is 0 Å². The van der Waals surface area contributed by atoms with Crippen molar-refractivity contribution in [2.24, 2.45) is 0 Å². The van der Waals surface area contributed by atoms with Crippen molar-refractivity contribution < 1.29 is 4.42 Å². The summed E-state index contributed by atoms with van der Waals surface area (Å²) in [7, 11) is 0. The maximum Gasteiger partial charge on any atom is 0.294 e. The molecule has 1 aromatic carbocycles. The van der Waals surface area contributed by atoms with E-state index in [0.717, 1.165) is 22.2 Å². The molecule has 0 aliphatic carbocycles. The zero-order valence-electron chi connectivity index (χ0n) is 13.2. The third kappa shape index (κ3) is 2.24. The predicted octanol–water partition coefficient (Wildman–Crippen LogP) is 3.95. The summed E-state index contributed by atoms with van der Waals surface area (Å²) in [6, 6.07) is 7.04. The molecule has 2 aliphatic rings. The fourth-order valence-electron chi connectivity index (χ4n) is 4.40. The number of nitrogens with one attached hydrogen (secondary N) is 1. The monoisotopic (exact) mass is 387 g/mol. The number of rotatable bonds is 2. The second kappa shape index (κ2) is 5.43. The minimum atomic E-state index is -0.188. The van der Waals surface area contributed by atoms with Gasteiger partial charge in [0.05, 0.1) is 6.54 Å². The molecule has 24 heavy (non-hydrogen) atoms. The molecule has 2 fully saturated rings. The van der Waals surface area contributed by atoms with Crippen molar-refractivity contribution in [2.75, 3.05) is 0 Å². The van der Waals surface area contributed by atoms with E-state index in [1.807, 2.05) is 18.2 Å². The first-order chi connectivity index (χ1) is 11.7. The van der Waals surface area contributed by atoms with Crippen molar-refractivity contribution in [3.8, 4) is 0 Å². The molecular weight excluding hydrogens is 370 g/mol. The summed E-state index contributed by atoms with van der Waals surface area (Å²) < 4.78 is 6.65. The van der Waals surface area contributed by atoms with Crippen molar-refractivity contribution in [3.05, 3.63) is 38.9 Å². The third-order valence-electron chi connectivity index (χ3n) is 5.51. The average Bonchev–Trinajstić information content (AvgIpc) is 3.01. The Hall–Kier alpha value is -1.66. The van der Waals surface area contributed by atoms with Crippen LogP contribution >= 0.6 is 15.9 Å². The smallest absolute Gasteiger partial charge is 0.294 e. The van der Waals surface area contributed by atoms with Gasteiger partial charge in [-0.05, 0) is 43.9 Å². The molecule has 5 nitrogen and oxygen atoms in total. The lowest BCUT2D eigenvalue weighted by Gasteiger charge is -2.34. The zero-order valence-corrected chi connectivity index (χ0v) is 14.8. The molecule has 6 heteroatoms.